The molecule has 0 atom stereocenters. The fraction of sp³-hybridized carbons (Fsp3) is 0.250. The van der Waals surface area contributed by atoms with Gasteiger partial charge in [-0.1, -0.05) is 29.8 Å². The summed E-state index contributed by atoms with van der Waals surface area (Å²) in [5.41, 5.74) is 3.11. The van der Waals surface area contributed by atoms with E-state index in [0.29, 0.717) is 18.3 Å². The number of aromatic nitrogens is 3. The molecule has 1 heterocycles. The Bertz CT molecular complexity index is 864. The lowest BCUT2D eigenvalue weighted by molar-refractivity contribution is 0.866. The molecular weight excluding hydrogens is 360 g/mol. The zero-order valence-corrected chi connectivity index (χ0v) is 16.2. The van der Waals surface area contributed by atoms with Crippen LogP contribution in [0.4, 0.5) is 23.1 Å². The second-order valence-corrected chi connectivity index (χ2v) is 6.36. The molecule has 0 aliphatic carbocycles. The summed E-state index contributed by atoms with van der Waals surface area (Å²) in [7, 11) is 0. The number of hydrogen-bond donors (Lipinski definition) is 2. The molecule has 0 unspecified atom stereocenters. The van der Waals surface area contributed by atoms with Crippen LogP contribution in [0.25, 0.3) is 0 Å². The van der Waals surface area contributed by atoms with Gasteiger partial charge in [-0.05, 0) is 49.7 Å². The summed E-state index contributed by atoms with van der Waals surface area (Å²) in [6.45, 7) is 6.83. The Hall–Kier alpha value is -2.86. The van der Waals surface area contributed by atoms with E-state index in [4.69, 9.17) is 11.6 Å². The van der Waals surface area contributed by atoms with E-state index in [1.807, 2.05) is 36.4 Å². The maximum absolute atomic E-state index is 6.18. The highest BCUT2D eigenvalue weighted by atomic mass is 35.5. The number of rotatable bonds is 8. The van der Waals surface area contributed by atoms with Gasteiger partial charge in [0.1, 0.15) is 0 Å². The fourth-order valence-corrected chi connectivity index (χ4v) is 2.95. The first kappa shape index (κ1) is 18.9. The largest absolute Gasteiger partial charge is 0.372 e. The molecule has 0 spiro atoms. The lowest BCUT2D eigenvalue weighted by atomic mass is 10.2. The van der Waals surface area contributed by atoms with Crippen LogP contribution in [0.1, 0.15) is 19.4 Å². The SMILES string of the molecule is CCN(CC)c1ccc(Nc2nncc(NCc3ccccc3Cl)n2)cc1. The van der Waals surface area contributed by atoms with Gasteiger partial charge in [-0.15, -0.1) is 5.10 Å². The number of anilines is 4. The maximum Gasteiger partial charge on any atom is 0.249 e. The third-order valence-corrected chi connectivity index (χ3v) is 4.60. The molecular formula is C20H23ClN6. The van der Waals surface area contributed by atoms with E-state index in [1.54, 1.807) is 6.20 Å². The number of benzene rings is 2. The summed E-state index contributed by atoms with van der Waals surface area (Å²) in [5.74, 6) is 1.07. The van der Waals surface area contributed by atoms with Crippen molar-refractivity contribution in [3.8, 4) is 0 Å². The van der Waals surface area contributed by atoms with E-state index in [-0.39, 0.29) is 0 Å². The Balaban J connectivity index is 1.64. The van der Waals surface area contributed by atoms with Gasteiger partial charge in [-0.25, -0.2) is 0 Å². The molecule has 140 valence electrons. The van der Waals surface area contributed by atoms with Crippen LogP contribution in [0, 0.1) is 0 Å². The van der Waals surface area contributed by atoms with Crippen molar-refractivity contribution in [3.05, 3.63) is 65.3 Å². The second kappa shape index (κ2) is 9.19. The average molecular weight is 383 g/mol. The second-order valence-electron chi connectivity index (χ2n) is 5.95. The van der Waals surface area contributed by atoms with Gasteiger partial charge in [0, 0.05) is 36.0 Å². The van der Waals surface area contributed by atoms with Gasteiger partial charge in [0.2, 0.25) is 5.95 Å². The molecule has 1 aromatic heterocycles. The fourth-order valence-electron chi connectivity index (χ4n) is 2.74. The first-order valence-corrected chi connectivity index (χ1v) is 9.36. The topological polar surface area (TPSA) is 66.0 Å². The predicted molar refractivity (Wildman–Crippen MR) is 112 cm³/mol. The van der Waals surface area contributed by atoms with Crippen LogP contribution >= 0.6 is 11.6 Å². The molecule has 7 heteroatoms. The first-order valence-electron chi connectivity index (χ1n) is 8.98. The maximum atomic E-state index is 6.18. The summed E-state index contributed by atoms with van der Waals surface area (Å²) in [4.78, 5) is 6.75. The molecule has 0 radical (unpaired) electrons. The molecule has 0 saturated heterocycles. The summed E-state index contributed by atoms with van der Waals surface area (Å²) in [6.07, 6.45) is 1.59. The van der Waals surface area contributed by atoms with E-state index < -0.39 is 0 Å². The minimum atomic E-state index is 0.440. The molecule has 0 bridgehead atoms. The van der Waals surface area contributed by atoms with E-state index in [9.17, 15) is 0 Å². The number of halogens is 1. The third-order valence-electron chi connectivity index (χ3n) is 4.23. The predicted octanol–water partition coefficient (Wildman–Crippen LogP) is 4.73. The zero-order valence-electron chi connectivity index (χ0n) is 15.5. The van der Waals surface area contributed by atoms with Crippen LogP contribution in [-0.4, -0.2) is 28.3 Å². The van der Waals surface area contributed by atoms with Crippen molar-refractivity contribution in [1.29, 1.82) is 0 Å². The average Bonchev–Trinajstić information content (AvgIpc) is 2.70. The quantitative estimate of drug-likeness (QED) is 0.587. The zero-order chi connectivity index (χ0) is 19.1. The lowest BCUT2D eigenvalue weighted by Gasteiger charge is -2.21. The van der Waals surface area contributed by atoms with Crippen LogP contribution in [0.5, 0.6) is 0 Å². The summed E-state index contributed by atoms with van der Waals surface area (Å²) < 4.78 is 0. The van der Waals surface area contributed by atoms with Crippen LogP contribution in [0.15, 0.2) is 54.7 Å². The van der Waals surface area contributed by atoms with Crippen LogP contribution in [0.2, 0.25) is 5.02 Å². The first-order chi connectivity index (χ1) is 13.2. The number of nitrogens with one attached hydrogen (secondary N) is 2. The molecule has 0 saturated carbocycles. The normalized spacial score (nSPS) is 10.5. The third kappa shape index (κ3) is 5.08. The van der Waals surface area contributed by atoms with Crippen LogP contribution in [0.3, 0.4) is 0 Å². The standard InChI is InChI=1S/C20H23ClN6/c1-3-27(4-2)17-11-9-16(10-12-17)24-20-25-19(14-23-26-20)22-13-15-7-5-6-8-18(15)21/h5-12,14H,3-4,13H2,1-2H3,(H2,22,24,25,26). The van der Waals surface area contributed by atoms with Gasteiger partial charge >= 0.3 is 0 Å². The Labute approximate surface area is 164 Å². The molecule has 0 fully saturated rings. The van der Waals surface area contributed by atoms with Crippen LogP contribution in [-0.2, 0) is 6.54 Å². The minimum Gasteiger partial charge on any atom is -0.372 e. The summed E-state index contributed by atoms with van der Waals surface area (Å²) >= 11 is 6.18. The Kier molecular flexibility index (Phi) is 6.44. The van der Waals surface area contributed by atoms with Crippen LogP contribution < -0.4 is 15.5 Å². The summed E-state index contributed by atoms with van der Waals surface area (Å²) in [6, 6.07) is 15.9. The van der Waals surface area contributed by atoms with E-state index in [0.717, 1.165) is 29.4 Å². The van der Waals surface area contributed by atoms with Crippen molar-refractivity contribution in [2.75, 3.05) is 28.6 Å². The van der Waals surface area contributed by atoms with E-state index >= 15 is 0 Å². The molecule has 3 aromatic rings. The molecule has 0 aliphatic heterocycles. The Morgan fingerprint density at radius 1 is 1.00 bits per heavy atom. The van der Waals surface area contributed by atoms with Gasteiger partial charge in [0.25, 0.3) is 0 Å². The molecule has 3 rings (SSSR count). The molecule has 6 nitrogen and oxygen atoms in total. The Morgan fingerprint density at radius 3 is 2.44 bits per heavy atom. The molecule has 2 N–H and O–H groups in total. The van der Waals surface area contributed by atoms with Gasteiger partial charge in [-0.2, -0.15) is 10.1 Å². The summed E-state index contributed by atoms with van der Waals surface area (Å²) in [5, 5.41) is 15.2. The van der Waals surface area contributed by atoms with Gasteiger partial charge in [-0.3, -0.25) is 0 Å². The molecule has 0 aliphatic rings. The molecule has 27 heavy (non-hydrogen) atoms. The van der Waals surface area contributed by atoms with Crippen molar-refractivity contribution in [3.63, 3.8) is 0 Å². The number of nitrogens with zero attached hydrogens (tertiary/aromatic N) is 4. The minimum absolute atomic E-state index is 0.440. The van der Waals surface area contributed by atoms with Gasteiger partial charge in [0.05, 0.1) is 6.20 Å². The molecule has 2 aromatic carbocycles. The number of hydrogen-bond acceptors (Lipinski definition) is 6. The highest BCUT2D eigenvalue weighted by molar-refractivity contribution is 6.31. The van der Waals surface area contributed by atoms with Crippen molar-refractivity contribution in [2.24, 2.45) is 0 Å². The van der Waals surface area contributed by atoms with E-state index in [2.05, 4.69) is 56.7 Å². The van der Waals surface area contributed by atoms with Crippen molar-refractivity contribution >= 4 is 34.7 Å². The van der Waals surface area contributed by atoms with Crippen molar-refractivity contribution in [2.45, 2.75) is 20.4 Å². The monoisotopic (exact) mass is 382 g/mol. The highest BCUT2D eigenvalue weighted by Crippen LogP contribution is 2.20. The van der Waals surface area contributed by atoms with E-state index in [1.165, 1.54) is 5.69 Å². The van der Waals surface area contributed by atoms with Gasteiger partial charge in [0.15, 0.2) is 5.82 Å². The van der Waals surface area contributed by atoms with Crippen molar-refractivity contribution < 1.29 is 0 Å². The highest BCUT2D eigenvalue weighted by Gasteiger charge is 2.05. The lowest BCUT2D eigenvalue weighted by Crippen LogP contribution is -2.21. The van der Waals surface area contributed by atoms with Gasteiger partial charge < -0.3 is 15.5 Å². The van der Waals surface area contributed by atoms with Crippen molar-refractivity contribution in [1.82, 2.24) is 15.2 Å². The Morgan fingerprint density at radius 2 is 1.74 bits per heavy atom. The smallest absolute Gasteiger partial charge is 0.249 e. The molecule has 0 amide bonds.